The van der Waals surface area contributed by atoms with Gasteiger partial charge in [-0.15, -0.1) is 11.3 Å². The van der Waals surface area contributed by atoms with Crippen molar-refractivity contribution in [3.63, 3.8) is 0 Å². The summed E-state index contributed by atoms with van der Waals surface area (Å²) in [6.45, 7) is 0.269. The van der Waals surface area contributed by atoms with Gasteiger partial charge in [-0.2, -0.15) is 0 Å². The molecule has 0 spiro atoms. The zero-order valence-corrected chi connectivity index (χ0v) is 13.3. The van der Waals surface area contributed by atoms with Crippen LogP contribution in [0.3, 0.4) is 0 Å². The second-order valence-corrected chi connectivity index (χ2v) is 6.65. The minimum absolute atomic E-state index is 0.0446. The SMILES string of the molecule is O=C(NCc1cccs1)C(=O)NC[C@](O)(c1ccco1)C1CC1. The quantitative estimate of drug-likeness (QED) is 0.696. The van der Waals surface area contributed by atoms with Crippen LogP contribution in [0.5, 0.6) is 0 Å². The maximum Gasteiger partial charge on any atom is 0.309 e. The topological polar surface area (TPSA) is 91.6 Å². The summed E-state index contributed by atoms with van der Waals surface area (Å²) in [6.07, 6.45) is 3.23. The van der Waals surface area contributed by atoms with Gasteiger partial charge in [0.25, 0.3) is 0 Å². The number of hydrogen-bond donors (Lipinski definition) is 3. The van der Waals surface area contributed by atoms with Crippen molar-refractivity contribution in [1.29, 1.82) is 0 Å². The van der Waals surface area contributed by atoms with E-state index in [4.69, 9.17) is 4.42 Å². The molecule has 7 heteroatoms. The molecule has 0 radical (unpaired) electrons. The highest BCUT2D eigenvalue weighted by molar-refractivity contribution is 7.09. The highest BCUT2D eigenvalue weighted by Gasteiger charge is 2.47. The molecule has 2 aromatic heterocycles. The third-order valence-electron chi connectivity index (χ3n) is 3.93. The third kappa shape index (κ3) is 3.62. The van der Waals surface area contributed by atoms with E-state index in [9.17, 15) is 14.7 Å². The Labute approximate surface area is 137 Å². The van der Waals surface area contributed by atoms with Crippen molar-refractivity contribution in [2.24, 2.45) is 5.92 Å². The molecule has 0 unspecified atom stereocenters. The summed E-state index contributed by atoms with van der Waals surface area (Å²) in [5, 5.41) is 17.7. The zero-order valence-electron chi connectivity index (χ0n) is 12.5. The van der Waals surface area contributed by atoms with Gasteiger partial charge in [0.1, 0.15) is 11.4 Å². The molecular formula is C16H18N2O4S. The Balaban J connectivity index is 1.54. The molecule has 2 amide bonds. The van der Waals surface area contributed by atoms with Gasteiger partial charge in [-0.1, -0.05) is 6.07 Å². The van der Waals surface area contributed by atoms with Gasteiger partial charge >= 0.3 is 11.8 Å². The molecule has 0 aliphatic heterocycles. The molecule has 6 nitrogen and oxygen atoms in total. The van der Waals surface area contributed by atoms with Gasteiger partial charge < -0.3 is 20.2 Å². The van der Waals surface area contributed by atoms with Crippen molar-refractivity contribution in [3.05, 3.63) is 46.5 Å². The maximum absolute atomic E-state index is 11.9. The van der Waals surface area contributed by atoms with Crippen LogP contribution in [-0.2, 0) is 21.7 Å². The number of carbonyl (C=O) groups is 2. The van der Waals surface area contributed by atoms with E-state index in [-0.39, 0.29) is 12.5 Å². The second-order valence-electron chi connectivity index (χ2n) is 5.62. The minimum Gasteiger partial charge on any atom is -0.466 e. The number of carbonyl (C=O) groups excluding carboxylic acids is 2. The lowest BCUT2D eigenvalue weighted by Crippen LogP contribution is -2.47. The summed E-state index contributed by atoms with van der Waals surface area (Å²) in [6, 6.07) is 7.14. The summed E-state index contributed by atoms with van der Waals surface area (Å²) >= 11 is 1.51. The molecular weight excluding hydrogens is 316 g/mol. The van der Waals surface area contributed by atoms with Crippen LogP contribution in [0, 0.1) is 5.92 Å². The monoisotopic (exact) mass is 334 g/mol. The van der Waals surface area contributed by atoms with E-state index in [2.05, 4.69) is 10.6 Å². The number of furan rings is 1. The van der Waals surface area contributed by atoms with Gasteiger partial charge in [0, 0.05) is 4.88 Å². The number of amides is 2. The molecule has 0 aromatic carbocycles. The average molecular weight is 334 g/mol. The Morgan fingerprint density at radius 1 is 1.26 bits per heavy atom. The van der Waals surface area contributed by atoms with Gasteiger partial charge in [-0.3, -0.25) is 9.59 Å². The Hall–Kier alpha value is -2.12. The van der Waals surface area contributed by atoms with Gasteiger partial charge in [-0.05, 0) is 42.3 Å². The van der Waals surface area contributed by atoms with Crippen LogP contribution < -0.4 is 10.6 Å². The molecule has 0 bridgehead atoms. The summed E-state index contributed by atoms with van der Waals surface area (Å²) in [5.41, 5.74) is -1.26. The van der Waals surface area contributed by atoms with E-state index < -0.39 is 17.4 Å². The molecule has 2 aromatic rings. The Morgan fingerprint density at radius 2 is 2.04 bits per heavy atom. The van der Waals surface area contributed by atoms with Gasteiger partial charge in [0.2, 0.25) is 0 Å². The summed E-state index contributed by atoms with van der Waals surface area (Å²) < 4.78 is 5.29. The molecule has 23 heavy (non-hydrogen) atoms. The van der Waals surface area contributed by atoms with Gasteiger partial charge in [0.15, 0.2) is 0 Å². The zero-order chi connectivity index (χ0) is 16.3. The van der Waals surface area contributed by atoms with Crippen molar-refractivity contribution in [1.82, 2.24) is 10.6 Å². The molecule has 0 saturated heterocycles. The largest absolute Gasteiger partial charge is 0.466 e. The van der Waals surface area contributed by atoms with Crippen LogP contribution in [0.15, 0.2) is 40.3 Å². The van der Waals surface area contributed by atoms with Crippen LogP contribution in [0.4, 0.5) is 0 Å². The predicted octanol–water partition coefficient (Wildman–Crippen LogP) is 1.37. The normalized spacial score (nSPS) is 16.6. The predicted molar refractivity (Wildman–Crippen MR) is 84.5 cm³/mol. The number of rotatable bonds is 6. The highest BCUT2D eigenvalue weighted by Crippen LogP contribution is 2.45. The number of nitrogens with one attached hydrogen (secondary N) is 2. The maximum atomic E-state index is 11.9. The lowest BCUT2D eigenvalue weighted by molar-refractivity contribution is -0.140. The van der Waals surface area contributed by atoms with Crippen molar-refractivity contribution in [2.75, 3.05) is 6.54 Å². The Bertz CT molecular complexity index is 664. The lowest BCUT2D eigenvalue weighted by atomic mass is 9.94. The molecule has 1 aliphatic carbocycles. The van der Waals surface area contributed by atoms with Gasteiger partial charge in [0.05, 0.1) is 19.4 Å². The van der Waals surface area contributed by atoms with E-state index in [1.807, 2.05) is 17.5 Å². The minimum atomic E-state index is -1.26. The molecule has 122 valence electrons. The molecule has 2 heterocycles. The first-order chi connectivity index (χ1) is 11.1. The molecule has 1 fully saturated rings. The van der Waals surface area contributed by atoms with Crippen LogP contribution in [0.2, 0.25) is 0 Å². The number of aliphatic hydroxyl groups is 1. The molecule has 1 atom stereocenters. The van der Waals surface area contributed by atoms with E-state index in [0.717, 1.165) is 17.7 Å². The van der Waals surface area contributed by atoms with Crippen LogP contribution in [0.1, 0.15) is 23.5 Å². The fraction of sp³-hybridized carbons (Fsp3) is 0.375. The smallest absolute Gasteiger partial charge is 0.309 e. The second kappa shape index (κ2) is 6.55. The lowest BCUT2D eigenvalue weighted by Gasteiger charge is -2.26. The number of thiophene rings is 1. The van der Waals surface area contributed by atoms with Crippen LogP contribution in [0.25, 0.3) is 0 Å². The first-order valence-electron chi connectivity index (χ1n) is 7.44. The Kier molecular flexibility index (Phi) is 4.49. The first kappa shape index (κ1) is 15.8. The summed E-state index contributed by atoms with van der Waals surface area (Å²) in [4.78, 5) is 24.7. The molecule has 3 rings (SSSR count). The van der Waals surface area contributed by atoms with Crippen molar-refractivity contribution < 1.29 is 19.1 Å². The van der Waals surface area contributed by atoms with E-state index in [0.29, 0.717) is 12.3 Å². The molecule has 1 saturated carbocycles. The third-order valence-corrected chi connectivity index (χ3v) is 4.80. The molecule has 3 N–H and O–H groups in total. The average Bonchev–Trinajstić information content (AvgIpc) is 3.05. The summed E-state index contributed by atoms with van der Waals surface area (Å²) in [7, 11) is 0. The van der Waals surface area contributed by atoms with E-state index in [1.165, 1.54) is 17.6 Å². The van der Waals surface area contributed by atoms with Crippen molar-refractivity contribution in [3.8, 4) is 0 Å². The van der Waals surface area contributed by atoms with E-state index in [1.54, 1.807) is 12.1 Å². The van der Waals surface area contributed by atoms with Gasteiger partial charge in [-0.25, -0.2) is 0 Å². The highest BCUT2D eigenvalue weighted by atomic mass is 32.1. The van der Waals surface area contributed by atoms with Crippen molar-refractivity contribution >= 4 is 23.2 Å². The summed E-state index contributed by atoms with van der Waals surface area (Å²) in [5.74, 6) is -1.01. The standard InChI is InChI=1S/C16H18N2O4S/c19-14(17-9-12-3-2-8-23-12)15(20)18-10-16(21,11-5-6-11)13-4-1-7-22-13/h1-4,7-8,11,21H,5-6,9-10H2,(H,17,19)(H,18,20)/t16-/m1/s1. The van der Waals surface area contributed by atoms with Crippen molar-refractivity contribution in [2.45, 2.75) is 25.0 Å². The van der Waals surface area contributed by atoms with Crippen LogP contribution >= 0.6 is 11.3 Å². The fourth-order valence-electron chi connectivity index (χ4n) is 2.47. The molecule has 1 aliphatic rings. The fourth-order valence-corrected chi connectivity index (χ4v) is 3.12. The van der Waals surface area contributed by atoms with E-state index >= 15 is 0 Å². The number of hydrogen-bond acceptors (Lipinski definition) is 5. The van der Waals surface area contributed by atoms with Crippen LogP contribution in [-0.4, -0.2) is 23.5 Å². The Morgan fingerprint density at radius 3 is 2.65 bits per heavy atom. The first-order valence-corrected chi connectivity index (χ1v) is 8.32.